The first-order chi connectivity index (χ1) is 3.68. The Hall–Kier alpha value is -0.330. The van der Waals surface area contributed by atoms with Crippen molar-refractivity contribution in [2.45, 2.75) is 33.7 Å². The predicted molar refractivity (Wildman–Crippen MR) is 38.5 cm³/mol. The van der Waals surface area contributed by atoms with Crippen LogP contribution in [0.2, 0.25) is 0 Å². The Bertz CT molecular complexity index is 74.5. The third-order valence-corrected chi connectivity index (χ3v) is 1.35. The van der Waals surface area contributed by atoms with Gasteiger partial charge in [0.15, 0.2) is 0 Å². The molecule has 0 rings (SSSR count). The standard InChI is InChI=1S/C7H15N/c1-5-8-7(4)6(2)3/h5-7H,1-4H3. The first kappa shape index (κ1) is 7.67. The second kappa shape index (κ2) is 3.65. The fourth-order valence-electron chi connectivity index (χ4n) is 0.407. The van der Waals surface area contributed by atoms with E-state index in [2.05, 4.69) is 25.8 Å². The van der Waals surface area contributed by atoms with Crippen LogP contribution in [0, 0.1) is 5.92 Å². The highest BCUT2D eigenvalue weighted by molar-refractivity contribution is 5.53. The summed E-state index contributed by atoms with van der Waals surface area (Å²) in [6, 6.07) is 0.486. The van der Waals surface area contributed by atoms with Crippen LogP contribution >= 0.6 is 0 Å². The molecule has 0 fully saturated rings. The zero-order chi connectivity index (χ0) is 6.57. The third kappa shape index (κ3) is 2.78. The predicted octanol–water partition coefficient (Wildman–Crippen LogP) is 2.12. The van der Waals surface area contributed by atoms with Crippen LogP contribution in [0.3, 0.4) is 0 Å². The molecule has 0 aromatic heterocycles. The van der Waals surface area contributed by atoms with E-state index in [1.807, 2.05) is 13.1 Å². The van der Waals surface area contributed by atoms with Gasteiger partial charge < -0.3 is 0 Å². The summed E-state index contributed by atoms with van der Waals surface area (Å²) in [7, 11) is 0. The second-order valence-electron chi connectivity index (χ2n) is 2.39. The first-order valence-electron chi connectivity index (χ1n) is 3.16. The van der Waals surface area contributed by atoms with Gasteiger partial charge in [-0.1, -0.05) is 13.8 Å². The number of hydrogen-bond donors (Lipinski definition) is 0. The molecule has 0 aromatic rings. The SMILES string of the molecule is CC=NC(C)C(C)C. The van der Waals surface area contributed by atoms with E-state index in [-0.39, 0.29) is 0 Å². The molecule has 0 heterocycles. The van der Waals surface area contributed by atoms with Gasteiger partial charge in [-0.15, -0.1) is 0 Å². The minimum absolute atomic E-state index is 0.486. The van der Waals surface area contributed by atoms with Crippen LogP contribution in [0.4, 0.5) is 0 Å². The van der Waals surface area contributed by atoms with Gasteiger partial charge in [0.25, 0.3) is 0 Å². The van der Waals surface area contributed by atoms with Crippen molar-refractivity contribution in [2.75, 3.05) is 0 Å². The molecule has 1 unspecified atom stereocenters. The highest BCUT2D eigenvalue weighted by Crippen LogP contribution is 2.02. The van der Waals surface area contributed by atoms with Crippen molar-refractivity contribution in [3.63, 3.8) is 0 Å². The van der Waals surface area contributed by atoms with Crippen LogP contribution in [0.25, 0.3) is 0 Å². The molecule has 1 atom stereocenters. The van der Waals surface area contributed by atoms with Crippen molar-refractivity contribution in [3.8, 4) is 0 Å². The Labute approximate surface area is 51.8 Å². The van der Waals surface area contributed by atoms with E-state index in [0.717, 1.165) is 0 Å². The van der Waals surface area contributed by atoms with Crippen molar-refractivity contribution in [1.82, 2.24) is 0 Å². The summed E-state index contributed by atoms with van der Waals surface area (Å²) >= 11 is 0. The van der Waals surface area contributed by atoms with Crippen LogP contribution < -0.4 is 0 Å². The van der Waals surface area contributed by atoms with E-state index in [9.17, 15) is 0 Å². The fraction of sp³-hybridized carbons (Fsp3) is 0.857. The Morgan fingerprint density at radius 2 is 1.75 bits per heavy atom. The summed E-state index contributed by atoms with van der Waals surface area (Å²) in [5.74, 6) is 0.672. The van der Waals surface area contributed by atoms with Gasteiger partial charge in [0.05, 0.1) is 0 Å². The minimum atomic E-state index is 0.486. The van der Waals surface area contributed by atoms with Crippen LogP contribution in [-0.4, -0.2) is 12.3 Å². The Morgan fingerprint density at radius 3 is 1.88 bits per heavy atom. The fourth-order valence-corrected chi connectivity index (χ4v) is 0.407. The summed E-state index contributed by atoms with van der Waals surface area (Å²) in [5.41, 5.74) is 0. The molecule has 0 saturated carbocycles. The molecular formula is C7H15N. The van der Waals surface area contributed by atoms with E-state index < -0.39 is 0 Å². The summed E-state index contributed by atoms with van der Waals surface area (Å²) in [6.07, 6.45) is 1.87. The van der Waals surface area contributed by atoms with Crippen LogP contribution in [-0.2, 0) is 0 Å². The van der Waals surface area contributed by atoms with Crippen LogP contribution in [0.15, 0.2) is 4.99 Å². The van der Waals surface area contributed by atoms with Gasteiger partial charge in [-0.25, -0.2) is 0 Å². The maximum absolute atomic E-state index is 4.20. The quantitative estimate of drug-likeness (QED) is 0.486. The molecule has 0 spiro atoms. The lowest BCUT2D eigenvalue weighted by atomic mass is 10.1. The first-order valence-corrected chi connectivity index (χ1v) is 3.16. The van der Waals surface area contributed by atoms with Gasteiger partial charge >= 0.3 is 0 Å². The molecule has 0 aromatic carbocycles. The van der Waals surface area contributed by atoms with Crippen molar-refractivity contribution in [2.24, 2.45) is 10.9 Å². The molecule has 8 heavy (non-hydrogen) atoms. The Morgan fingerprint density at radius 1 is 1.25 bits per heavy atom. The number of hydrogen-bond acceptors (Lipinski definition) is 1. The lowest BCUT2D eigenvalue weighted by molar-refractivity contribution is 0.533. The molecule has 0 aliphatic rings. The average molecular weight is 113 g/mol. The number of nitrogens with zero attached hydrogens (tertiary/aromatic N) is 1. The van der Waals surface area contributed by atoms with Gasteiger partial charge in [-0.05, 0) is 26.0 Å². The summed E-state index contributed by atoms with van der Waals surface area (Å²) in [6.45, 7) is 8.44. The molecule has 0 N–H and O–H groups in total. The molecule has 0 aliphatic heterocycles. The molecule has 0 radical (unpaired) electrons. The maximum atomic E-state index is 4.20. The third-order valence-electron chi connectivity index (χ3n) is 1.35. The normalized spacial score (nSPS) is 15.6. The molecule has 48 valence electrons. The molecule has 0 aliphatic carbocycles. The monoisotopic (exact) mass is 113 g/mol. The topological polar surface area (TPSA) is 12.4 Å². The maximum Gasteiger partial charge on any atom is 0.0490 e. The minimum Gasteiger partial charge on any atom is -0.295 e. The van der Waals surface area contributed by atoms with Crippen molar-refractivity contribution in [3.05, 3.63) is 0 Å². The molecule has 0 amide bonds. The van der Waals surface area contributed by atoms with Gasteiger partial charge in [-0.3, -0.25) is 4.99 Å². The van der Waals surface area contributed by atoms with Crippen molar-refractivity contribution >= 4 is 6.21 Å². The largest absolute Gasteiger partial charge is 0.295 e. The summed E-state index contributed by atoms with van der Waals surface area (Å²) < 4.78 is 0. The summed E-state index contributed by atoms with van der Waals surface area (Å²) in [4.78, 5) is 4.20. The lowest BCUT2D eigenvalue weighted by Gasteiger charge is -2.07. The molecule has 0 saturated heterocycles. The zero-order valence-electron chi connectivity index (χ0n) is 6.18. The van der Waals surface area contributed by atoms with Gasteiger partial charge in [0.1, 0.15) is 0 Å². The van der Waals surface area contributed by atoms with Gasteiger partial charge in [-0.2, -0.15) is 0 Å². The van der Waals surface area contributed by atoms with E-state index in [1.54, 1.807) is 0 Å². The van der Waals surface area contributed by atoms with E-state index in [0.29, 0.717) is 12.0 Å². The molecular weight excluding hydrogens is 98.1 g/mol. The average Bonchev–Trinajstić information content (AvgIpc) is 1.67. The van der Waals surface area contributed by atoms with Gasteiger partial charge in [0, 0.05) is 6.04 Å². The van der Waals surface area contributed by atoms with Gasteiger partial charge in [0.2, 0.25) is 0 Å². The Balaban J connectivity index is 3.47. The summed E-state index contributed by atoms with van der Waals surface area (Å²) in [5, 5.41) is 0. The van der Waals surface area contributed by atoms with Crippen molar-refractivity contribution < 1.29 is 0 Å². The smallest absolute Gasteiger partial charge is 0.0490 e. The van der Waals surface area contributed by atoms with Crippen molar-refractivity contribution in [1.29, 1.82) is 0 Å². The zero-order valence-corrected chi connectivity index (χ0v) is 6.18. The Kier molecular flexibility index (Phi) is 3.49. The highest BCUT2D eigenvalue weighted by Gasteiger charge is 2.00. The highest BCUT2D eigenvalue weighted by atomic mass is 14.8. The molecule has 1 nitrogen and oxygen atoms in total. The van der Waals surface area contributed by atoms with Crippen LogP contribution in [0.1, 0.15) is 27.7 Å². The van der Waals surface area contributed by atoms with E-state index >= 15 is 0 Å². The second-order valence-corrected chi connectivity index (χ2v) is 2.39. The lowest BCUT2D eigenvalue weighted by Crippen LogP contribution is -2.06. The van der Waals surface area contributed by atoms with E-state index in [4.69, 9.17) is 0 Å². The van der Waals surface area contributed by atoms with Crippen LogP contribution in [0.5, 0.6) is 0 Å². The molecule has 1 heteroatoms. The number of aliphatic imine (C=N–C) groups is 1. The molecule has 0 bridgehead atoms. The van der Waals surface area contributed by atoms with E-state index in [1.165, 1.54) is 0 Å². The number of rotatable bonds is 2.